The molecule has 1 fully saturated rings. The Kier molecular flexibility index (Phi) is 5.34. The number of pyridine rings is 1. The highest BCUT2D eigenvalue weighted by Crippen LogP contribution is 2.31. The van der Waals surface area contributed by atoms with Gasteiger partial charge in [0.25, 0.3) is 0 Å². The minimum Gasteiger partial charge on any atom is -0.493 e. The first-order chi connectivity index (χ1) is 11.3. The van der Waals surface area contributed by atoms with Gasteiger partial charge in [0.05, 0.1) is 19.2 Å². The lowest BCUT2D eigenvalue weighted by molar-refractivity contribution is 0.176. The van der Waals surface area contributed by atoms with E-state index in [0.29, 0.717) is 6.61 Å². The first-order valence-corrected chi connectivity index (χ1v) is 8.54. The lowest BCUT2D eigenvalue weighted by Crippen LogP contribution is -2.34. The van der Waals surface area contributed by atoms with Gasteiger partial charge in [0.2, 0.25) is 0 Å². The van der Waals surface area contributed by atoms with Crippen LogP contribution >= 0.6 is 0 Å². The van der Waals surface area contributed by atoms with Gasteiger partial charge in [-0.1, -0.05) is 13.0 Å². The van der Waals surface area contributed by atoms with Crippen molar-refractivity contribution in [2.75, 3.05) is 33.4 Å². The lowest BCUT2D eigenvalue weighted by Gasteiger charge is -2.30. The van der Waals surface area contributed by atoms with Crippen molar-refractivity contribution in [1.82, 2.24) is 9.88 Å². The van der Waals surface area contributed by atoms with Crippen molar-refractivity contribution in [3.63, 3.8) is 0 Å². The molecule has 2 aromatic rings. The summed E-state index contributed by atoms with van der Waals surface area (Å²) in [5.41, 5.74) is 0.938. The fourth-order valence-corrected chi connectivity index (χ4v) is 3.11. The van der Waals surface area contributed by atoms with Gasteiger partial charge in [0.1, 0.15) is 0 Å². The van der Waals surface area contributed by atoms with Gasteiger partial charge in [0.15, 0.2) is 11.5 Å². The molecule has 0 aliphatic carbocycles. The minimum absolute atomic E-state index is 0.709. The normalized spacial score (nSPS) is 16.6. The molecule has 1 aliphatic rings. The van der Waals surface area contributed by atoms with Crippen LogP contribution in [0.15, 0.2) is 30.5 Å². The van der Waals surface area contributed by atoms with E-state index in [0.717, 1.165) is 41.3 Å². The van der Waals surface area contributed by atoms with Crippen molar-refractivity contribution in [2.24, 2.45) is 5.92 Å². The quantitative estimate of drug-likeness (QED) is 0.761. The number of rotatable bonds is 6. The number of nitrogens with zero attached hydrogens (tertiary/aromatic N) is 2. The van der Waals surface area contributed by atoms with Gasteiger partial charge in [-0.2, -0.15) is 0 Å². The molecule has 0 radical (unpaired) electrons. The van der Waals surface area contributed by atoms with Crippen LogP contribution in [0.25, 0.3) is 10.9 Å². The fourth-order valence-electron chi connectivity index (χ4n) is 3.11. The molecular weight excluding hydrogens is 288 g/mol. The maximum absolute atomic E-state index is 5.96. The molecule has 1 saturated heterocycles. The number of hydrogen-bond acceptors (Lipinski definition) is 4. The predicted molar refractivity (Wildman–Crippen MR) is 93.2 cm³/mol. The number of fused-ring (bicyclic) bond motifs is 1. The average molecular weight is 314 g/mol. The predicted octanol–water partition coefficient (Wildman–Crippen LogP) is 3.74. The molecule has 1 aromatic carbocycles. The van der Waals surface area contributed by atoms with Gasteiger partial charge in [-0.25, -0.2) is 0 Å². The van der Waals surface area contributed by atoms with Crippen molar-refractivity contribution in [1.29, 1.82) is 0 Å². The van der Waals surface area contributed by atoms with Crippen LogP contribution in [0.2, 0.25) is 0 Å². The van der Waals surface area contributed by atoms with E-state index in [4.69, 9.17) is 9.47 Å². The van der Waals surface area contributed by atoms with Crippen LogP contribution in [0.3, 0.4) is 0 Å². The molecule has 124 valence electrons. The second kappa shape index (κ2) is 7.64. The highest BCUT2D eigenvalue weighted by atomic mass is 16.5. The third-order valence-electron chi connectivity index (χ3n) is 4.64. The largest absolute Gasteiger partial charge is 0.493 e. The van der Waals surface area contributed by atoms with E-state index >= 15 is 0 Å². The first kappa shape index (κ1) is 16.1. The van der Waals surface area contributed by atoms with E-state index in [1.165, 1.54) is 25.9 Å². The highest BCUT2D eigenvalue weighted by Gasteiger charge is 2.15. The zero-order chi connectivity index (χ0) is 16.1. The van der Waals surface area contributed by atoms with Crippen LogP contribution < -0.4 is 9.47 Å². The molecule has 4 nitrogen and oxygen atoms in total. The number of methoxy groups -OCH3 is 1. The third kappa shape index (κ3) is 4.14. The second-order valence-electron chi connectivity index (χ2n) is 6.43. The Morgan fingerprint density at radius 1 is 1.22 bits per heavy atom. The summed E-state index contributed by atoms with van der Waals surface area (Å²) in [6.45, 7) is 6.62. The summed E-state index contributed by atoms with van der Waals surface area (Å²) in [5.74, 6) is 2.44. The molecule has 0 spiro atoms. The van der Waals surface area contributed by atoms with Crippen LogP contribution in [-0.2, 0) is 0 Å². The summed E-state index contributed by atoms with van der Waals surface area (Å²) in [5, 5.41) is 1.07. The number of benzene rings is 1. The SMILES string of the molecule is COc1cc2cccnc2cc1OCCCN1CCC(C)CC1. The molecule has 0 amide bonds. The zero-order valence-corrected chi connectivity index (χ0v) is 14.1. The van der Waals surface area contributed by atoms with Crippen molar-refractivity contribution in [3.8, 4) is 11.5 Å². The molecule has 1 aromatic heterocycles. The van der Waals surface area contributed by atoms with Crippen LogP contribution in [0.5, 0.6) is 11.5 Å². The highest BCUT2D eigenvalue weighted by molar-refractivity contribution is 5.82. The molecular formula is C19H26N2O2. The molecule has 0 atom stereocenters. The fraction of sp³-hybridized carbons (Fsp3) is 0.526. The van der Waals surface area contributed by atoms with Crippen LogP contribution in [-0.4, -0.2) is 43.2 Å². The Balaban J connectivity index is 1.54. The second-order valence-corrected chi connectivity index (χ2v) is 6.43. The number of aromatic nitrogens is 1. The summed E-state index contributed by atoms with van der Waals surface area (Å²) >= 11 is 0. The number of hydrogen-bond donors (Lipinski definition) is 0. The van der Waals surface area contributed by atoms with Crippen LogP contribution in [0.1, 0.15) is 26.2 Å². The Morgan fingerprint density at radius 3 is 2.83 bits per heavy atom. The Hall–Kier alpha value is -1.81. The maximum Gasteiger partial charge on any atom is 0.163 e. The lowest BCUT2D eigenvalue weighted by atomic mass is 9.99. The van der Waals surface area contributed by atoms with Gasteiger partial charge < -0.3 is 14.4 Å². The molecule has 1 aliphatic heterocycles. The van der Waals surface area contributed by atoms with Gasteiger partial charge in [-0.05, 0) is 50.4 Å². The molecule has 4 heteroatoms. The summed E-state index contributed by atoms with van der Waals surface area (Å²) in [4.78, 5) is 6.93. The topological polar surface area (TPSA) is 34.6 Å². The molecule has 2 heterocycles. The van der Waals surface area contributed by atoms with Crippen molar-refractivity contribution >= 4 is 10.9 Å². The van der Waals surface area contributed by atoms with Crippen molar-refractivity contribution < 1.29 is 9.47 Å². The zero-order valence-electron chi connectivity index (χ0n) is 14.1. The monoisotopic (exact) mass is 314 g/mol. The van der Waals surface area contributed by atoms with E-state index < -0.39 is 0 Å². The van der Waals surface area contributed by atoms with Crippen LogP contribution in [0.4, 0.5) is 0 Å². The van der Waals surface area contributed by atoms with Crippen molar-refractivity contribution in [3.05, 3.63) is 30.5 Å². The number of ether oxygens (including phenoxy) is 2. The minimum atomic E-state index is 0.709. The Labute approximate surface area is 138 Å². The molecule has 0 saturated carbocycles. The van der Waals surface area contributed by atoms with Crippen LogP contribution in [0, 0.1) is 5.92 Å². The summed E-state index contributed by atoms with van der Waals surface area (Å²) in [6.07, 6.45) is 5.49. The average Bonchev–Trinajstić information content (AvgIpc) is 2.59. The van der Waals surface area contributed by atoms with Crippen molar-refractivity contribution in [2.45, 2.75) is 26.2 Å². The molecule has 0 N–H and O–H groups in total. The summed E-state index contributed by atoms with van der Waals surface area (Å²) < 4.78 is 11.4. The number of piperidine rings is 1. The molecule has 0 bridgehead atoms. The molecule has 0 unspecified atom stereocenters. The Morgan fingerprint density at radius 2 is 2.04 bits per heavy atom. The molecule has 23 heavy (non-hydrogen) atoms. The summed E-state index contributed by atoms with van der Waals surface area (Å²) in [6, 6.07) is 7.92. The van der Waals surface area contributed by atoms with Gasteiger partial charge in [-0.15, -0.1) is 0 Å². The molecule has 3 rings (SSSR count). The van der Waals surface area contributed by atoms with Gasteiger partial charge >= 0.3 is 0 Å². The van der Waals surface area contributed by atoms with E-state index in [1.54, 1.807) is 13.3 Å². The standard InChI is InChI=1S/C19H26N2O2/c1-15-6-10-21(11-7-15)9-4-12-23-19-14-17-16(5-3-8-20-17)13-18(19)22-2/h3,5,8,13-15H,4,6-7,9-12H2,1-2H3. The van der Waals surface area contributed by atoms with E-state index in [1.807, 2.05) is 24.3 Å². The van der Waals surface area contributed by atoms with E-state index in [2.05, 4.69) is 16.8 Å². The summed E-state index contributed by atoms with van der Waals surface area (Å²) in [7, 11) is 1.68. The third-order valence-corrected chi connectivity index (χ3v) is 4.64. The van der Waals surface area contributed by atoms with E-state index in [-0.39, 0.29) is 0 Å². The van der Waals surface area contributed by atoms with E-state index in [9.17, 15) is 0 Å². The number of likely N-dealkylation sites (tertiary alicyclic amines) is 1. The van der Waals surface area contributed by atoms with Gasteiger partial charge in [-0.3, -0.25) is 4.98 Å². The smallest absolute Gasteiger partial charge is 0.163 e. The maximum atomic E-state index is 5.96. The first-order valence-electron chi connectivity index (χ1n) is 8.54. The Bertz CT molecular complexity index is 636. The van der Waals surface area contributed by atoms with Gasteiger partial charge in [0, 0.05) is 24.2 Å².